The number of anilines is 3. The van der Waals surface area contributed by atoms with Gasteiger partial charge in [-0.05, 0) is 49.1 Å². The van der Waals surface area contributed by atoms with Crippen molar-refractivity contribution in [2.45, 2.75) is 32.2 Å². The molecule has 4 nitrogen and oxygen atoms in total. The van der Waals surface area contributed by atoms with Crippen molar-refractivity contribution >= 4 is 28.4 Å². The SMILES string of the molecule is CCc1ccc(Nc2nc(NC3CC3)c3ccccc3n2)cc1. The summed E-state index contributed by atoms with van der Waals surface area (Å²) in [6, 6.07) is 17.1. The lowest BCUT2D eigenvalue weighted by atomic mass is 10.1. The van der Waals surface area contributed by atoms with Gasteiger partial charge < -0.3 is 10.6 Å². The number of rotatable bonds is 5. The third-order valence-electron chi connectivity index (χ3n) is 4.14. The van der Waals surface area contributed by atoms with E-state index in [-0.39, 0.29) is 0 Å². The van der Waals surface area contributed by atoms with Gasteiger partial charge in [-0.1, -0.05) is 31.2 Å². The van der Waals surface area contributed by atoms with Crippen LogP contribution in [0.15, 0.2) is 48.5 Å². The zero-order valence-corrected chi connectivity index (χ0v) is 13.2. The topological polar surface area (TPSA) is 49.8 Å². The first-order valence-corrected chi connectivity index (χ1v) is 8.21. The molecule has 1 aromatic heterocycles. The zero-order chi connectivity index (χ0) is 15.6. The van der Waals surface area contributed by atoms with Crippen LogP contribution in [0.1, 0.15) is 25.3 Å². The van der Waals surface area contributed by atoms with Crippen LogP contribution in [0.4, 0.5) is 17.5 Å². The molecule has 0 spiro atoms. The molecule has 1 saturated carbocycles. The third-order valence-corrected chi connectivity index (χ3v) is 4.14. The predicted octanol–water partition coefficient (Wildman–Crippen LogP) is 4.51. The van der Waals surface area contributed by atoms with Gasteiger partial charge in [0, 0.05) is 17.1 Å². The standard InChI is InChI=1S/C19H20N4/c1-2-13-7-9-15(10-8-13)21-19-22-17-6-4-3-5-16(17)18(23-19)20-14-11-12-14/h3-10,14H,2,11-12H2,1H3,(H2,20,21,22,23). The highest BCUT2D eigenvalue weighted by atomic mass is 15.2. The van der Waals surface area contributed by atoms with E-state index < -0.39 is 0 Å². The van der Waals surface area contributed by atoms with Crippen LogP contribution >= 0.6 is 0 Å². The fourth-order valence-electron chi connectivity index (χ4n) is 2.62. The monoisotopic (exact) mass is 304 g/mol. The highest BCUT2D eigenvalue weighted by Gasteiger charge is 2.22. The Kier molecular flexibility index (Phi) is 3.58. The van der Waals surface area contributed by atoms with Crippen LogP contribution in [0.5, 0.6) is 0 Å². The highest BCUT2D eigenvalue weighted by Crippen LogP contribution is 2.29. The summed E-state index contributed by atoms with van der Waals surface area (Å²) in [5.41, 5.74) is 3.29. The number of hydrogen-bond acceptors (Lipinski definition) is 4. The molecule has 1 aliphatic carbocycles. The van der Waals surface area contributed by atoms with Crippen LogP contribution < -0.4 is 10.6 Å². The minimum absolute atomic E-state index is 0.560. The first-order chi connectivity index (χ1) is 11.3. The Labute approximate surface area is 136 Å². The molecular formula is C19H20N4. The van der Waals surface area contributed by atoms with Crippen molar-refractivity contribution in [1.29, 1.82) is 0 Å². The van der Waals surface area contributed by atoms with Gasteiger partial charge in [0.05, 0.1) is 5.52 Å². The Bertz CT molecular complexity index is 822. The van der Waals surface area contributed by atoms with Crippen molar-refractivity contribution in [3.63, 3.8) is 0 Å². The second-order valence-electron chi connectivity index (χ2n) is 6.01. The van der Waals surface area contributed by atoms with E-state index in [2.05, 4.69) is 57.9 Å². The molecule has 23 heavy (non-hydrogen) atoms. The summed E-state index contributed by atoms with van der Waals surface area (Å²) in [5, 5.41) is 7.91. The molecule has 4 heteroatoms. The Balaban J connectivity index is 1.67. The Hall–Kier alpha value is -2.62. The molecule has 0 saturated heterocycles. The number of nitrogens with zero attached hydrogens (tertiary/aromatic N) is 2. The molecule has 0 bridgehead atoms. The van der Waals surface area contributed by atoms with E-state index in [1.54, 1.807) is 0 Å². The molecule has 1 heterocycles. The fraction of sp³-hybridized carbons (Fsp3) is 0.263. The summed E-state index contributed by atoms with van der Waals surface area (Å²) in [4.78, 5) is 9.32. The Morgan fingerprint density at radius 3 is 2.52 bits per heavy atom. The average Bonchev–Trinajstić information content (AvgIpc) is 3.40. The molecule has 0 unspecified atom stereocenters. The summed E-state index contributed by atoms with van der Waals surface area (Å²) in [6.07, 6.45) is 3.49. The number of aromatic nitrogens is 2. The molecule has 3 aromatic rings. The summed E-state index contributed by atoms with van der Waals surface area (Å²) in [6.45, 7) is 2.16. The van der Waals surface area contributed by atoms with Crippen molar-refractivity contribution in [1.82, 2.24) is 9.97 Å². The molecule has 0 atom stereocenters. The maximum Gasteiger partial charge on any atom is 0.229 e. The van der Waals surface area contributed by atoms with Gasteiger partial charge in [0.2, 0.25) is 5.95 Å². The van der Waals surface area contributed by atoms with E-state index in [1.807, 2.05) is 18.2 Å². The van der Waals surface area contributed by atoms with Gasteiger partial charge in [-0.15, -0.1) is 0 Å². The van der Waals surface area contributed by atoms with E-state index in [1.165, 1.54) is 18.4 Å². The second kappa shape index (κ2) is 5.88. The molecule has 1 aliphatic rings. The van der Waals surface area contributed by atoms with Crippen LogP contribution in [-0.4, -0.2) is 16.0 Å². The third kappa shape index (κ3) is 3.11. The first kappa shape index (κ1) is 14.0. The van der Waals surface area contributed by atoms with E-state index in [4.69, 9.17) is 0 Å². The van der Waals surface area contributed by atoms with Crippen molar-refractivity contribution in [2.75, 3.05) is 10.6 Å². The van der Waals surface area contributed by atoms with Gasteiger partial charge >= 0.3 is 0 Å². The Morgan fingerprint density at radius 2 is 1.78 bits per heavy atom. The predicted molar refractivity (Wildman–Crippen MR) is 95.3 cm³/mol. The first-order valence-electron chi connectivity index (χ1n) is 8.21. The number of para-hydroxylation sites is 1. The van der Waals surface area contributed by atoms with Crippen LogP contribution in [-0.2, 0) is 6.42 Å². The molecule has 0 radical (unpaired) electrons. The van der Waals surface area contributed by atoms with E-state index in [0.717, 1.165) is 28.8 Å². The molecule has 4 rings (SSSR count). The van der Waals surface area contributed by atoms with E-state index in [9.17, 15) is 0 Å². The summed E-state index contributed by atoms with van der Waals surface area (Å²) in [7, 11) is 0. The van der Waals surface area contributed by atoms with Gasteiger partial charge in [-0.3, -0.25) is 0 Å². The average molecular weight is 304 g/mol. The number of benzene rings is 2. The summed E-state index contributed by atoms with van der Waals surface area (Å²) >= 11 is 0. The fourth-order valence-corrected chi connectivity index (χ4v) is 2.62. The van der Waals surface area contributed by atoms with Crippen LogP contribution in [0.2, 0.25) is 0 Å². The lowest BCUT2D eigenvalue weighted by molar-refractivity contribution is 1.10. The molecule has 1 fully saturated rings. The number of fused-ring (bicyclic) bond motifs is 1. The van der Waals surface area contributed by atoms with E-state index >= 15 is 0 Å². The van der Waals surface area contributed by atoms with Crippen molar-refractivity contribution in [3.8, 4) is 0 Å². The molecule has 0 aliphatic heterocycles. The minimum atomic E-state index is 0.560. The molecule has 2 N–H and O–H groups in total. The molecular weight excluding hydrogens is 284 g/mol. The summed E-state index contributed by atoms with van der Waals surface area (Å²) < 4.78 is 0. The lowest BCUT2D eigenvalue weighted by Gasteiger charge is -2.11. The molecule has 2 aromatic carbocycles. The normalized spacial score (nSPS) is 14.0. The zero-order valence-electron chi connectivity index (χ0n) is 13.2. The van der Waals surface area contributed by atoms with Gasteiger partial charge in [0.1, 0.15) is 5.82 Å². The number of hydrogen-bond donors (Lipinski definition) is 2. The second-order valence-corrected chi connectivity index (χ2v) is 6.01. The van der Waals surface area contributed by atoms with Gasteiger partial charge in [-0.25, -0.2) is 4.98 Å². The van der Waals surface area contributed by atoms with Crippen LogP contribution in [0.25, 0.3) is 10.9 Å². The minimum Gasteiger partial charge on any atom is -0.367 e. The smallest absolute Gasteiger partial charge is 0.229 e. The van der Waals surface area contributed by atoms with Crippen LogP contribution in [0, 0.1) is 0 Å². The largest absolute Gasteiger partial charge is 0.367 e. The maximum absolute atomic E-state index is 4.69. The van der Waals surface area contributed by atoms with Gasteiger partial charge in [0.15, 0.2) is 0 Å². The number of nitrogens with one attached hydrogen (secondary N) is 2. The highest BCUT2D eigenvalue weighted by molar-refractivity contribution is 5.90. The Morgan fingerprint density at radius 1 is 1.00 bits per heavy atom. The molecule has 0 amide bonds. The van der Waals surface area contributed by atoms with Crippen LogP contribution in [0.3, 0.4) is 0 Å². The quantitative estimate of drug-likeness (QED) is 0.728. The van der Waals surface area contributed by atoms with E-state index in [0.29, 0.717) is 12.0 Å². The van der Waals surface area contributed by atoms with Gasteiger partial charge in [-0.2, -0.15) is 4.98 Å². The van der Waals surface area contributed by atoms with Crippen molar-refractivity contribution in [3.05, 3.63) is 54.1 Å². The lowest BCUT2D eigenvalue weighted by Crippen LogP contribution is -2.07. The molecule has 116 valence electrons. The van der Waals surface area contributed by atoms with Crippen molar-refractivity contribution in [2.24, 2.45) is 0 Å². The maximum atomic E-state index is 4.69. The van der Waals surface area contributed by atoms with Gasteiger partial charge in [0.25, 0.3) is 0 Å². The van der Waals surface area contributed by atoms with Crippen molar-refractivity contribution < 1.29 is 0 Å². The number of aryl methyl sites for hydroxylation is 1. The summed E-state index contributed by atoms with van der Waals surface area (Å²) in [5.74, 6) is 1.56.